The Kier molecular flexibility index (Phi) is 54.4. The molecule has 0 saturated carbocycles. The van der Waals surface area contributed by atoms with Crippen molar-refractivity contribution in [1.29, 1.82) is 0 Å². The van der Waals surface area contributed by atoms with Crippen molar-refractivity contribution in [2.24, 2.45) is 0 Å². The molecule has 0 radical (unpaired) electrons. The summed E-state index contributed by atoms with van der Waals surface area (Å²) in [6, 6.07) is 0. The number of carbonyl (C=O) groups is 1. The smallest absolute Gasteiger partial charge is 0.305 e. The summed E-state index contributed by atoms with van der Waals surface area (Å²) < 4.78 is 5.50. The molecule has 0 aliphatic carbocycles. The minimum absolute atomic E-state index is 0.0262. The molecule has 0 fully saturated rings. The quantitative estimate of drug-likeness (QED) is 0.0377. The van der Waals surface area contributed by atoms with Crippen molar-refractivity contribution in [2.75, 3.05) is 13.2 Å². The standard InChI is InChI=1S/C56H110O3/c1-2-3-4-5-6-7-8-9-10-29-32-35-38-41-44-47-50-53-56(58)59-55-52-49-46-43-40-37-34-31-28-26-24-22-20-18-16-14-12-11-13-15-17-19-21-23-25-27-30-33-36-39-42-45-48-51-54-57/h7-8,57H,2-6,9-55H2,1H3. The van der Waals surface area contributed by atoms with Crippen LogP contribution in [0.5, 0.6) is 0 Å². The van der Waals surface area contributed by atoms with Crippen LogP contribution in [0.15, 0.2) is 12.2 Å². The van der Waals surface area contributed by atoms with Crippen LogP contribution in [-0.4, -0.2) is 24.3 Å². The number of allylic oxidation sites excluding steroid dienone is 2. The van der Waals surface area contributed by atoms with Crippen LogP contribution in [0.25, 0.3) is 0 Å². The number of aliphatic hydroxyl groups is 1. The van der Waals surface area contributed by atoms with Gasteiger partial charge < -0.3 is 9.84 Å². The fourth-order valence-corrected chi connectivity index (χ4v) is 8.82. The van der Waals surface area contributed by atoms with Crippen LogP contribution in [0, 0.1) is 0 Å². The Bertz CT molecular complexity index is 777. The van der Waals surface area contributed by atoms with E-state index in [-0.39, 0.29) is 5.97 Å². The monoisotopic (exact) mass is 831 g/mol. The molecule has 0 aromatic carbocycles. The molecule has 0 aliphatic heterocycles. The van der Waals surface area contributed by atoms with Crippen molar-refractivity contribution < 1.29 is 14.6 Å². The molecule has 0 spiro atoms. The SMILES string of the molecule is CCCCCCC=CCCCCCCCCCCCC(=O)OCCCCCCCCCCCCCCCCCCCCCCCCCCCCCCCCCCCCO. The summed E-state index contributed by atoms with van der Waals surface area (Å²) in [4.78, 5) is 12.1. The summed E-state index contributed by atoms with van der Waals surface area (Å²) in [5, 5.41) is 8.82. The van der Waals surface area contributed by atoms with Gasteiger partial charge in [-0.1, -0.05) is 289 Å². The molecule has 3 nitrogen and oxygen atoms in total. The average Bonchev–Trinajstić information content (AvgIpc) is 3.24. The number of ether oxygens (including phenoxy) is 1. The molecule has 1 N–H and O–H groups in total. The van der Waals surface area contributed by atoms with Gasteiger partial charge in [0.05, 0.1) is 6.61 Å². The maximum atomic E-state index is 12.1. The van der Waals surface area contributed by atoms with Gasteiger partial charge in [0.1, 0.15) is 0 Å². The summed E-state index contributed by atoms with van der Waals surface area (Å²) in [6.07, 6.45) is 72.5. The first kappa shape index (κ1) is 58.2. The third-order valence-corrected chi connectivity index (χ3v) is 13.0. The maximum absolute atomic E-state index is 12.1. The molecule has 0 unspecified atom stereocenters. The molecule has 59 heavy (non-hydrogen) atoms. The molecule has 0 heterocycles. The molecular weight excluding hydrogens is 721 g/mol. The van der Waals surface area contributed by atoms with E-state index in [4.69, 9.17) is 9.84 Å². The minimum atomic E-state index is 0.0262. The van der Waals surface area contributed by atoms with E-state index in [0.717, 1.165) is 19.3 Å². The van der Waals surface area contributed by atoms with Gasteiger partial charge >= 0.3 is 5.97 Å². The fourth-order valence-electron chi connectivity index (χ4n) is 8.82. The highest BCUT2D eigenvalue weighted by Crippen LogP contribution is 2.18. The summed E-state index contributed by atoms with van der Waals surface area (Å²) in [5.74, 6) is 0.0262. The first-order chi connectivity index (χ1) is 29.3. The van der Waals surface area contributed by atoms with Crippen LogP contribution < -0.4 is 0 Å². The number of rotatable bonds is 53. The molecule has 3 heteroatoms. The number of hydrogen-bond donors (Lipinski definition) is 1. The van der Waals surface area contributed by atoms with Crippen molar-refractivity contribution in [3.63, 3.8) is 0 Å². The zero-order chi connectivity index (χ0) is 42.5. The van der Waals surface area contributed by atoms with Gasteiger partial charge in [-0.25, -0.2) is 0 Å². The van der Waals surface area contributed by atoms with Gasteiger partial charge in [-0.2, -0.15) is 0 Å². The van der Waals surface area contributed by atoms with Crippen molar-refractivity contribution in [3.8, 4) is 0 Å². The summed E-state index contributed by atoms with van der Waals surface area (Å²) in [7, 11) is 0. The third-order valence-electron chi connectivity index (χ3n) is 13.0. The molecule has 0 bridgehead atoms. The highest BCUT2D eigenvalue weighted by atomic mass is 16.5. The van der Waals surface area contributed by atoms with Gasteiger partial charge in [0.15, 0.2) is 0 Å². The van der Waals surface area contributed by atoms with Crippen molar-refractivity contribution in [1.82, 2.24) is 0 Å². The Morgan fingerprint density at radius 3 is 0.847 bits per heavy atom. The Morgan fingerprint density at radius 2 is 0.559 bits per heavy atom. The number of esters is 1. The highest BCUT2D eigenvalue weighted by molar-refractivity contribution is 5.69. The van der Waals surface area contributed by atoms with Crippen molar-refractivity contribution in [2.45, 2.75) is 328 Å². The average molecular weight is 831 g/mol. The number of unbranched alkanes of at least 4 members (excludes halogenated alkanes) is 46. The first-order valence-electron chi connectivity index (χ1n) is 27.7. The van der Waals surface area contributed by atoms with E-state index in [1.165, 1.54) is 295 Å². The van der Waals surface area contributed by atoms with Crippen LogP contribution in [0.3, 0.4) is 0 Å². The van der Waals surface area contributed by atoms with Crippen LogP contribution in [0.4, 0.5) is 0 Å². The van der Waals surface area contributed by atoms with Gasteiger partial charge in [0, 0.05) is 13.0 Å². The summed E-state index contributed by atoms with van der Waals surface area (Å²) in [6.45, 7) is 3.28. The maximum Gasteiger partial charge on any atom is 0.305 e. The van der Waals surface area contributed by atoms with E-state index in [1.54, 1.807) is 0 Å². The molecule has 0 aromatic heterocycles. The van der Waals surface area contributed by atoms with Crippen LogP contribution in [-0.2, 0) is 9.53 Å². The lowest BCUT2D eigenvalue weighted by atomic mass is 10.0. The Balaban J connectivity index is 3.14. The van der Waals surface area contributed by atoms with Gasteiger partial charge in [-0.15, -0.1) is 0 Å². The molecule has 0 rings (SSSR count). The lowest BCUT2D eigenvalue weighted by molar-refractivity contribution is -0.143. The predicted molar refractivity (Wildman–Crippen MR) is 264 cm³/mol. The van der Waals surface area contributed by atoms with E-state index in [1.807, 2.05) is 0 Å². The van der Waals surface area contributed by atoms with Crippen LogP contribution in [0.2, 0.25) is 0 Å². The molecule has 0 saturated heterocycles. The van der Waals surface area contributed by atoms with Crippen LogP contribution >= 0.6 is 0 Å². The van der Waals surface area contributed by atoms with E-state index in [2.05, 4.69) is 19.1 Å². The summed E-state index contributed by atoms with van der Waals surface area (Å²) >= 11 is 0. The van der Waals surface area contributed by atoms with Gasteiger partial charge in [0.2, 0.25) is 0 Å². The van der Waals surface area contributed by atoms with E-state index >= 15 is 0 Å². The second kappa shape index (κ2) is 55.2. The van der Waals surface area contributed by atoms with Gasteiger partial charge in [-0.3, -0.25) is 4.79 Å². The molecule has 352 valence electrons. The highest BCUT2D eigenvalue weighted by Gasteiger charge is 2.03. The number of carbonyl (C=O) groups excluding carboxylic acids is 1. The second-order valence-electron chi connectivity index (χ2n) is 19.0. The lowest BCUT2D eigenvalue weighted by Gasteiger charge is -2.06. The van der Waals surface area contributed by atoms with E-state index < -0.39 is 0 Å². The normalized spacial score (nSPS) is 11.7. The largest absolute Gasteiger partial charge is 0.466 e. The number of hydrogen-bond acceptors (Lipinski definition) is 3. The third kappa shape index (κ3) is 55.2. The van der Waals surface area contributed by atoms with Crippen LogP contribution in [0.1, 0.15) is 328 Å². The lowest BCUT2D eigenvalue weighted by Crippen LogP contribution is -2.05. The Morgan fingerprint density at radius 1 is 0.322 bits per heavy atom. The second-order valence-corrected chi connectivity index (χ2v) is 19.0. The van der Waals surface area contributed by atoms with E-state index in [0.29, 0.717) is 19.6 Å². The predicted octanol–water partition coefficient (Wildman–Crippen LogP) is 19.6. The topological polar surface area (TPSA) is 46.5 Å². The Labute approximate surface area is 372 Å². The zero-order valence-corrected chi connectivity index (χ0v) is 40.7. The van der Waals surface area contributed by atoms with E-state index in [9.17, 15) is 4.79 Å². The summed E-state index contributed by atoms with van der Waals surface area (Å²) in [5.41, 5.74) is 0. The van der Waals surface area contributed by atoms with Crippen molar-refractivity contribution in [3.05, 3.63) is 12.2 Å². The number of aliphatic hydroxyl groups excluding tert-OH is 1. The van der Waals surface area contributed by atoms with Gasteiger partial charge in [-0.05, 0) is 44.9 Å². The van der Waals surface area contributed by atoms with Gasteiger partial charge in [0.25, 0.3) is 0 Å². The Hall–Kier alpha value is -0.830. The zero-order valence-electron chi connectivity index (χ0n) is 40.7. The molecule has 0 atom stereocenters. The molecule has 0 amide bonds. The minimum Gasteiger partial charge on any atom is -0.466 e. The van der Waals surface area contributed by atoms with Crippen molar-refractivity contribution >= 4 is 5.97 Å². The molecule has 0 aliphatic rings. The fraction of sp³-hybridized carbons (Fsp3) is 0.946. The molecule has 0 aromatic rings. The molecular formula is C56H110O3. The first-order valence-corrected chi connectivity index (χ1v) is 27.7.